The fourth-order valence-electron chi connectivity index (χ4n) is 15.1. The maximum atomic E-state index is 13.2. The van der Waals surface area contributed by atoms with Gasteiger partial charge >= 0.3 is 17.9 Å². The molecule has 19 heteroatoms. The number of nitrogens with zero attached hydrogens (tertiary/aromatic N) is 3. The van der Waals surface area contributed by atoms with E-state index in [1.165, 1.54) is 33.4 Å². The molecule has 554 valence electrons. The summed E-state index contributed by atoms with van der Waals surface area (Å²) in [7, 11) is 1.00. The van der Waals surface area contributed by atoms with Gasteiger partial charge in [-0.1, -0.05) is 72.8 Å². The van der Waals surface area contributed by atoms with Gasteiger partial charge in [0, 0.05) is 80.8 Å². The first-order valence-electron chi connectivity index (χ1n) is 36.1. The summed E-state index contributed by atoms with van der Waals surface area (Å²) in [5.41, 5.74) is 24.1. The Kier molecular flexibility index (Phi) is 22.9. The van der Waals surface area contributed by atoms with Crippen molar-refractivity contribution in [2.75, 3.05) is 47.1 Å². The van der Waals surface area contributed by atoms with Gasteiger partial charge in [0.25, 0.3) is 17.7 Å². The molecule has 1 unspecified atom stereocenters. The average Bonchev–Trinajstić information content (AvgIpc) is 1.78. The maximum absolute atomic E-state index is 13.2. The van der Waals surface area contributed by atoms with Gasteiger partial charge in [-0.15, -0.1) is 0 Å². The molecule has 0 radical (unpaired) electrons. The molecular formula is C88H91N3O16. The van der Waals surface area contributed by atoms with Crippen molar-refractivity contribution < 1.29 is 77.6 Å². The molecule has 4 N–H and O–H groups in total. The predicted octanol–water partition coefficient (Wildman–Crippen LogP) is 15.0. The summed E-state index contributed by atoms with van der Waals surface area (Å²) in [5.74, 6) is 0.466. The standard InChI is InChI=1S/3C29H29NO5.CH4O/c3*1-17-4-5-22(10-18(17)2)29(33)30-9-8-20-6-7-21(12-23(20)15-30)25(14-28(31)32)24-13-27-26(11-19(24)3)34-16-35-27;1-2/h3*4-7,10-13,25H,8-9,14-16H2,1-3H3,(H,31,32);2H,1H3/t2*25-;;/m10../s1. The van der Waals surface area contributed by atoms with E-state index in [1.54, 1.807) is 0 Å². The Bertz CT molecular complexity index is 4480. The van der Waals surface area contributed by atoms with Crippen molar-refractivity contribution >= 4 is 35.6 Å². The summed E-state index contributed by atoms with van der Waals surface area (Å²) in [6, 6.07) is 47.5. The second kappa shape index (κ2) is 32.5. The predicted molar refractivity (Wildman–Crippen MR) is 405 cm³/mol. The molecule has 3 atom stereocenters. The minimum absolute atomic E-state index is 0.0258. The molecule has 6 aliphatic heterocycles. The number of aliphatic hydroxyl groups is 1. The minimum Gasteiger partial charge on any atom is -0.481 e. The number of fused-ring (bicyclic) bond motifs is 6. The Labute approximate surface area is 623 Å². The highest BCUT2D eigenvalue weighted by Crippen LogP contribution is 2.45. The lowest BCUT2D eigenvalue weighted by Crippen LogP contribution is -2.36. The Hall–Kier alpha value is -11.4. The Morgan fingerprint density at radius 2 is 0.561 bits per heavy atom. The quantitative estimate of drug-likeness (QED) is 0.0745. The minimum atomic E-state index is -0.865. The smallest absolute Gasteiger partial charge is 0.304 e. The molecule has 9 aromatic rings. The highest BCUT2D eigenvalue weighted by Gasteiger charge is 2.32. The number of hydrogen-bond acceptors (Lipinski definition) is 13. The van der Waals surface area contributed by atoms with E-state index in [0.29, 0.717) is 90.5 Å². The summed E-state index contributed by atoms with van der Waals surface area (Å²) in [4.78, 5) is 80.8. The van der Waals surface area contributed by atoms with Crippen LogP contribution in [0.3, 0.4) is 0 Å². The molecule has 107 heavy (non-hydrogen) atoms. The fraction of sp³-hybridized carbons (Fsp3) is 0.318. The molecule has 0 bridgehead atoms. The van der Waals surface area contributed by atoms with Gasteiger partial charge < -0.3 is 63.5 Å². The molecule has 0 aliphatic carbocycles. The lowest BCUT2D eigenvalue weighted by molar-refractivity contribution is -0.138. The number of aliphatic carboxylic acids is 3. The zero-order valence-corrected chi connectivity index (χ0v) is 62.2. The maximum Gasteiger partial charge on any atom is 0.304 e. The van der Waals surface area contributed by atoms with Crippen LogP contribution >= 0.6 is 0 Å². The number of carbonyl (C=O) groups excluding carboxylic acids is 3. The topological polar surface area (TPSA) is 248 Å². The van der Waals surface area contributed by atoms with Gasteiger partial charge in [-0.2, -0.15) is 0 Å². The van der Waals surface area contributed by atoms with Crippen LogP contribution in [0.15, 0.2) is 146 Å². The second-order valence-corrected chi connectivity index (χ2v) is 28.5. The van der Waals surface area contributed by atoms with Crippen molar-refractivity contribution in [3.63, 3.8) is 0 Å². The Morgan fingerprint density at radius 1 is 0.308 bits per heavy atom. The molecule has 19 nitrogen and oxygen atoms in total. The van der Waals surface area contributed by atoms with Crippen molar-refractivity contribution in [3.8, 4) is 34.5 Å². The Balaban J connectivity index is 0.000000148. The molecule has 6 heterocycles. The summed E-state index contributed by atoms with van der Waals surface area (Å²) in [6.07, 6.45) is 2.22. The first-order chi connectivity index (χ1) is 51.4. The summed E-state index contributed by atoms with van der Waals surface area (Å²) >= 11 is 0. The number of aliphatic hydroxyl groups excluding tert-OH is 1. The molecule has 3 amide bonds. The van der Waals surface area contributed by atoms with Crippen LogP contribution in [0.25, 0.3) is 0 Å². The number of carbonyl (C=O) groups is 6. The van der Waals surface area contributed by atoms with Crippen molar-refractivity contribution in [2.24, 2.45) is 0 Å². The normalized spacial score (nSPS) is 14.8. The summed E-state index contributed by atoms with van der Waals surface area (Å²) in [6.45, 7) is 22.1. The van der Waals surface area contributed by atoms with E-state index in [9.17, 15) is 44.1 Å². The van der Waals surface area contributed by atoms with Crippen LogP contribution in [0.4, 0.5) is 0 Å². The molecule has 6 aliphatic rings. The average molecular weight is 1450 g/mol. The largest absolute Gasteiger partial charge is 0.481 e. The number of aryl methyl sites for hydroxylation is 9. The van der Waals surface area contributed by atoms with Gasteiger partial charge in [0.15, 0.2) is 34.5 Å². The molecule has 0 fully saturated rings. The highest BCUT2D eigenvalue weighted by atomic mass is 16.7. The van der Waals surface area contributed by atoms with E-state index in [4.69, 9.17) is 33.5 Å². The highest BCUT2D eigenvalue weighted by molar-refractivity contribution is 5.96. The van der Waals surface area contributed by atoms with Gasteiger partial charge in [-0.25, -0.2) is 0 Å². The number of amides is 3. The molecule has 15 rings (SSSR count). The van der Waals surface area contributed by atoms with Crippen molar-refractivity contribution in [1.29, 1.82) is 0 Å². The van der Waals surface area contributed by atoms with Gasteiger partial charge in [-0.05, 0) is 271 Å². The molecule has 0 saturated carbocycles. The van der Waals surface area contributed by atoms with E-state index in [2.05, 4.69) is 36.4 Å². The lowest BCUT2D eigenvalue weighted by Gasteiger charge is -2.30. The van der Waals surface area contributed by atoms with Crippen LogP contribution in [0.5, 0.6) is 34.5 Å². The lowest BCUT2D eigenvalue weighted by atomic mass is 9.83. The first kappa shape index (κ1) is 75.2. The van der Waals surface area contributed by atoms with Gasteiger partial charge in [0.2, 0.25) is 20.4 Å². The summed E-state index contributed by atoms with van der Waals surface area (Å²) < 4.78 is 33.1. The third-order valence-electron chi connectivity index (χ3n) is 21.6. The molecule has 0 saturated heterocycles. The van der Waals surface area contributed by atoms with Crippen molar-refractivity contribution in [2.45, 2.75) is 138 Å². The number of rotatable bonds is 15. The van der Waals surface area contributed by atoms with E-state index < -0.39 is 17.9 Å². The number of benzene rings is 9. The van der Waals surface area contributed by atoms with Crippen LogP contribution in [-0.4, -0.2) is 118 Å². The van der Waals surface area contributed by atoms with Crippen LogP contribution < -0.4 is 28.4 Å². The Morgan fingerprint density at radius 3 is 0.804 bits per heavy atom. The van der Waals surface area contributed by atoms with Crippen molar-refractivity contribution in [1.82, 2.24) is 14.7 Å². The van der Waals surface area contributed by atoms with Gasteiger partial charge in [-0.3, -0.25) is 28.8 Å². The zero-order valence-electron chi connectivity index (χ0n) is 62.2. The third-order valence-corrected chi connectivity index (χ3v) is 21.6. The van der Waals surface area contributed by atoms with Crippen molar-refractivity contribution in [3.05, 3.63) is 279 Å². The first-order valence-corrected chi connectivity index (χ1v) is 36.1. The summed E-state index contributed by atoms with van der Waals surface area (Å²) in [5, 5.41) is 36.1. The zero-order chi connectivity index (χ0) is 76.1. The van der Waals surface area contributed by atoms with Crippen LogP contribution in [0.1, 0.15) is 185 Å². The van der Waals surface area contributed by atoms with Crippen LogP contribution in [0.2, 0.25) is 0 Å². The molecule has 0 spiro atoms. The molecule has 9 aromatic carbocycles. The van der Waals surface area contributed by atoms with E-state index in [1.807, 2.05) is 186 Å². The number of carboxylic acid groups (broad SMARTS) is 3. The number of carboxylic acids is 3. The van der Waals surface area contributed by atoms with E-state index >= 15 is 0 Å². The van der Waals surface area contributed by atoms with Crippen LogP contribution in [0, 0.1) is 62.3 Å². The third kappa shape index (κ3) is 16.8. The monoisotopic (exact) mass is 1450 g/mol. The SMILES string of the molecule is CO.Cc1ccc(C(=O)N2CCc3ccc(C(CC(=O)O)c4cc5c(cc4C)OCO5)cc3C2)cc1C.Cc1ccc(C(=O)N2CCc3ccc([C@@H](CC(=O)O)c4cc5c(cc4C)OCO5)cc3C2)cc1C.Cc1ccc(C(=O)N2CCc3ccc([C@H](CC(=O)O)c4cc5c(cc4C)OCO5)cc3C2)cc1C. The number of ether oxygens (including phenoxy) is 6. The fourth-order valence-corrected chi connectivity index (χ4v) is 15.1. The second-order valence-electron chi connectivity index (χ2n) is 28.5. The van der Waals surface area contributed by atoms with E-state index in [-0.39, 0.29) is 75.1 Å². The van der Waals surface area contributed by atoms with Crippen LogP contribution in [-0.2, 0) is 53.3 Å². The molecule has 0 aromatic heterocycles. The van der Waals surface area contributed by atoms with E-state index in [0.717, 1.165) is 110 Å². The molecular weight excluding hydrogens is 1350 g/mol. The van der Waals surface area contributed by atoms with Gasteiger partial charge in [0.1, 0.15) is 0 Å². The van der Waals surface area contributed by atoms with Gasteiger partial charge in [0.05, 0.1) is 19.3 Å². The number of hydrogen-bond donors (Lipinski definition) is 4.